The predicted molar refractivity (Wildman–Crippen MR) is 77.5 cm³/mol. The summed E-state index contributed by atoms with van der Waals surface area (Å²) in [5.41, 5.74) is 0.980. The van der Waals surface area contributed by atoms with Gasteiger partial charge in [0.1, 0.15) is 5.82 Å². The molecule has 5 nitrogen and oxygen atoms in total. The third kappa shape index (κ3) is 2.62. The third-order valence-corrected chi connectivity index (χ3v) is 4.44. The van der Waals surface area contributed by atoms with Gasteiger partial charge in [0, 0.05) is 44.5 Å². The maximum atomic E-state index is 12.1. The molecule has 5 heteroatoms. The van der Waals surface area contributed by atoms with Crippen molar-refractivity contribution in [3.63, 3.8) is 0 Å². The van der Waals surface area contributed by atoms with Crippen molar-refractivity contribution in [1.82, 2.24) is 14.9 Å². The predicted octanol–water partition coefficient (Wildman–Crippen LogP) is 1.62. The standard InChI is InChI=1S/C15H22N4O/c1-11-14(17-8-7-16-11)19-9-5-13(6-10-19)18(2)15(20)12-3-4-12/h7-8,12-13H,3-6,9-10H2,1-2H3. The van der Waals surface area contributed by atoms with Crippen LogP contribution in [-0.4, -0.2) is 47.0 Å². The Morgan fingerprint density at radius 1 is 1.20 bits per heavy atom. The molecule has 2 fully saturated rings. The van der Waals surface area contributed by atoms with Crippen molar-refractivity contribution in [2.75, 3.05) is 25.0 Å². The zero-order valence-electron chi connectivity index (χ0n) is 12.2. The van der Waals surface area contributed by atoms with Crippen LogP contribution in [0, 0.1) is 12.8 Å². The molecule has 1 aromatic rings. The molecule has 2 aliphatic rings. The number of hydrogen-bond acceptors (Lipinski definition) is 4. The van der Waals surface area contributed by atoms with E-state index in [1.165, 1.54) is 0 Å². The number of aromatic nitrogens is 2. The van der Waals surface area contributed by atoms with Gasteiger partial charge in [-0.1, -0.05) is 0 Å². The maximum Gasteiger partial charge on any atom is 0.225 e. The first-order chi connectivity index (χ1) is 9.66. The molecule has 0 spiro atoms. The lowest BCUT2D eigenvalue weighted by Gasteiger charge is -2.37. The largest absolute Gasteiger partial charge is 0.355 e. The summed E-state index contributed by atoms with van der Waals surface area (Å²) in [4.78, 5) is 25.1. The Morgan fingerprint density at radius 3 is 2.45 bits per heavy atom. The van der Waals surface area contributed by atoms with E-state index in [4.69, 9.17) is 0 Å². The van der Waals surface area contributed by atoms with Crippen LogP contribution in [0.1, 0.15) is 31.4 Å². The van der Waals surface area contributed by atoms with Crippen molar-refractivity contribution >= 4 is 11.7 Å². The van der Waals surface area contributed by atoms with E-state index in [2.05, 4.69) is 14.9 Å². The molecule has 0 bridgehead atoms. The lowest BCUT2D eigenvalue weighted by molar-refractivity contribution is -0.133. The van der Waals surface area contributed by atoms with E-state index >= 15 is 0 Å². The van der Waals surface area contributed by atoms with Gasteiger partial charge in [0.25, 0.3) is 0 Å². The number of rotatable bonds is 3. The Balaban J connectivity index is 1.59. The summed E-state index contributed by atoms with van der Waals surface area (Å²) in [6.07, 6.45) is 7.68. The van der Waals surface area contributed by atoms with Gasteiger partial charge in [0.15, 0.2) is 0 Å². The minimum Gasteiger partial charge on any atom is -0.355 e. The Kier molecular flexibility index (Phi) is 3.59. The molecule has 1 aliphatic heterocycles. The number of carbonyl (C=O) groups excluding carboxylic acids is 1. The summed E-state index contributed by atoms with van der Waals surface area (Å²) in [5, 5.41) is 0. The molecule has 0 N–H and O–H groups in total. The highest BCUT2D eigenvalue weighted by Crippen LogP contribution is 2.32. The van der Waals surface area contributed by atoms with Crippen molar-refractivity contribution in [2.45, 2.75) is 38.6 Å². The van der Waals surface area contributed by atoms with E-state index < -0.39 is 0 Å². The Labute approximate surface area is 120 Å². The zero-order valence-corrected chi connectivity index (χ0v) is 12.2. The maximum absolute atomic E-state index is 12.1. The van der Waals surface area contributed by atoms with E-state index in [1.807, 2.05) is 18.9 Å². The van der Waals surface area contributed by atoms with E-state index in [9.17, 15) is 4.79 Å². The van der Waals surface area contributed by atoms with Gasteiger partial charge in [-0.15, -0.1) is 0 Å². The second-order valence-corrected chi connectivity index (χ2v) is 5.91. The molecule has 0 unspecified atom stereocenters. The lowest BCUT2D eigenvalue weighted by Crippen LogP contribution is -2.46. The molecule has 1 aliphatic carbocycles. The number of hydrogen-bond donors (Lipinski definition) is 0. The summed E-state index contributed by atoms with van der Waals surface area (Å²) < 4.78 is 0. The van der Waals surface area contributed by atoms with E-state index in [-0.39, 0.29) is 0 Å². The number of amides is 1. The summed E-state index contributed by atoms with van der Waals surface area (Å²) in [6, 6.07) is 0.385. The molecule has 1 aromatic heterocycles. The van der Waals surface area contributed by atoms with Crippen LogP contribution in [0.25, 0.3) is 0 Å². The van der Waals surface area contributed by atoms with Gasteiger partial charge >= 0.3 is 0 Å². The number of nitrogens with zero attached hydrogens (tertiary/aromatic N) is 4. The first-order valence-corrected chi connectivity index (χ1v) is 7.46. The van der Waals surface area contributed by atoms with Gasteiger partial charge in [-0.05, 0) is 32.6 Å². The Morgan fingerprint density at radius 2 is 1.85 bits per heavy atom. The SMILES string of the molecule is Cc1nccnc1N1CCC(N(C)C(=O)C2CC2)CC1. The second-order valence-electron chi connectivity index (χ2n) is 5.91. The van der Waals surface area contributed by atoms with Crippen LogP contribution >= 0.6 is 0 Å². The molecule has 0 aromatic carbocycles. The number of anilines is 1. The van der Waals surface area contributed by atoms with Crippen molar-refractivity contribution in [1.29, 1.82) is 0 Å². The monoisotopic (exact) mass is 274 g/mol. The minimum absolute atomic E-state index is 0.320. The van der Waals surface area contributed by atoms with Gasteiger partial charge in [0.2, 0.25) is 5.91 Å². The lowest BCUT2D eigenvalue weighted by atomic mass is 10.0. The molecule has 2 heterocycles. The van der Waals surface area contributed by atoms with Crippen molar-refractivity contribution in [2.24, 2.45) is 5.92 Å². The first kappa shape index (κ1) is 13.3. The average molecular weight is 274 g/mol. The van der Waals surface area contributed by atoms with Gasteiger partial charge < -0.3 is 9.80 Å². The normalized spacial score (nSPS) is 20.0. The molecule has 3 rings (SSSR count). The van der Waals surface area contributed by atoms with Crippen LogP contribution in [0.15, 0.2) is 12.4 Å². The van der Waals surface area contributed by atoms with Crippen LogP contribution in [0.4, 0.5) is 5.82 Å². The topological polar surface area (TPSA) is 49.3 Å². The fourth-order valence-electron chi connectivity index (χ4n) is 2.97. The highest BCUT2D eigenvalue weighted by molar-refractivity contribution is 5.81. The first-order valence-electron chi connectivity index (χ1n) is 7.46. The molecule has 1 saturated carbocycles. The summed E-state index contributed by atoms with van der Waals surface area (Å²) in [7, 11) is 1.97. The van der Waals surface area contributed by atoms with Gasteiger partial charge in [-0.25, -0.2) is 4.98 Å². The average Bonchev–Trinajstić information content (AvgIpc) is 3.31. The van der Waals surface area contributed by atoms with Crippen molar-refractivity contribution < 1.29 is 4.79 Å². The van der Waals surface area contributed by atoms with Crippen LogP contribution < -0.4 is 4.90 Å². The summed E-state index contributed by atoms with van der Waals surface area (Å²) in [5.74, 6) is 1.65. The molecule has 0 atom stereocenters. The fraction of sp³-hybridized carbons (Fsp3) is 0.667. The van der Waals surface area contributed by atoms with E-state index in [0.717, 1.165) is 50.3 Å². The Bertz CT molecular complexity index is 492. The molecule has 108 valence electrons. The minimum atomic E-state index is 0.320. The Hall–Kier alpha value is -1.65. The van der Waals surface area contributed by atoms with Crippen LogP contribution in [0.5, 0.6) is 0 Å². The molecule has 20 heavy (non-hydrogen) atoms. The van der Waals surface area contributed by atoms with E-state index in [0.29, 0.717) is 17.9 Å². The molecule has 0 radical (unpaired) electrons. The molecule has 1 amide bonds. The fourth-order valence-corrected chi connectivity index (χ4v) is 2.97. The number of piperidine rings is 1. The van der Waals surface area contributed by atoms with Crippen LogP contribution in [-0.2, 0) is 4.79 Å². The second kappa shape index (κ2) is 5.38. The smallest absolute Gasteiger partial charge is 0.225 e. The molecular weight excluding hydrogens is 252 g/mol. The molecular formula is C15H22N4O. The number of aryl methyl sites for hydroxylation is 1. The summed E-state index contributed by atoms with van der Waals surface area (Å²) >= 11 is 0. The van der Waals surface area contributed by atoms with E-state index in [1.54, 1.807) is 12.4 Å². The van der Waals surface area contributed by atoms with Crippen molar-refractivity contribution in [3.8, 4) is 0 Å². The van der Waals surface area contributed by atoms with Crippen molar-refractivity contribution in [3.05, 3.63) is 18.1 Å². The zero-order chi connectivity index (χ0) is 14.1. The van der Waals surface area contributed by atoms with Gasteiger partial charge in [0.05, 0.1) is 5.69 Å². The summed E-state index contributed by atoms with van der Waals surface area (Å²) in [6.45, 7) is 3.90. The quantitative estimate of drug-likeness (QED) is 0.840. The highest BCUT2D eigenvalue weighted by atomic mass is 16.2. The van der Waals surface area contributed by atoms with Gasteiger partial charge in [-0.3, -0.25) is 9.78 Å². The van der Waals surface area contributed by atoms with Crippen LogP contribution in [0.2, 0.25) is 0 Å². The van der Waals surface area contributed by atoms with Crippen LogP contribution in [0.3, 0.4) is 0 Å². The number of carbonyl (C=O) groups is 1. The third-order valence-electron chi connectivity index (χ3n) is 4.44. The molecule has 1 saturated heterocycles. The van der Waals surface area contributed by atoms with Gasteiger partial charge in [-0.2, -0.15) is 0 Å². The highest BCUT2D eigenvalue weighted by Gasteiger charge is 2.35.